The zero-order valence-electron chi connectivity index (χ0n) is 16.0. The lowest BCUT2D eigenvalue weighted by Gasteiger charge is -2.56. The molecule has 4 aliphatic rings. The lowest BCUT2D eigenvalue weighted by atomic mass is 9.48. The van der Waals surface area contributed by atoms with Crippen molar-refractivity contribution in [2.75, 3.05) is 6.61 Å². The number of carboxylic acid groups (broad SMARTS) is 1. The highest BCUT2D eigenvalue weighted by Crippen LogP contribution is 2.64. The molecular formula is C21H31NO5. The van der Waals surface area contributed by atoms with Gasteiger partial charge in [0, 0.05) is 5.41 Å². The van der Waals surface area contributed by atoms with Crippen molar-refractivity contribution in [3.8, 4) is 0 Å². The van der Waals surface area contributed by atoms with Crippen molar-refractivity contribution in [3.63, 3.8) is 0 Å². The number of aliphatic carboxylic acids is 1. The normalized spacial score (nSPS) is 46.3. The molecule has 150 valence electrons. The summed E-state index contributed by atoms with van der Waals surface area (Å²) >= 11 is 0. The number of hydrogen-bond donors (Lipinski definition) is 3. The molecule has 0 radical (unpaired) electrons. The zero-order chi connectivity index (χ0) is 19.2. The van der Waals surface area contributed by atoms with Crippen molar-refractivity contribution >= 4 is 12.2 Å². The molecule has 27 heavy (non-hydrogen) atoms. The van der Waals surface area contributed by atoms with Gasteiger partial charge in [-0.3, -0.25) is 0 Å². The number of rotatable bonds is 4. The van der Waals surface area contributed by atoms with Gasteiger partial charge in [-0.15, -0.1) is 0 Å². The van der Waals surface area contributed by atoms with Crippen molar-refractivity contribution in [3.05, 3.63) is 11.6 Å². The van der Waals surface area contributed by atoms with E-state index >= 15 is 0 Å². The number of aliphatic hydroxyl groups excluding tert-OH is 2. The topological polar surface area (TPSA) is 99.4 Å². The predicted molar refractivity (Wildman–Crippen MR) is 100 cm³/mol. The first-order valence-corrected chi connectivity index (χ1v) is 10.3. The predicted octanol–water partition coefficient (Wildman–Crippen LogP) is 2.74. The summed E-state index contributed by atoms with van der Waals surface area (Å²) in [6, 6.07) is 0. The molecule has 0 spiro atoms. The largest absolute Gasteiger partial charge is 0.479 e. The minimum absolute atomic E-state index is 0.194. The fourth-order valence-electron chi connectivity index (χ4n) is 6.83. The van der Waals surface area contributed by atoms with Gasteiger partial charge in [-0.1, -0.05) is 23.7 Å². The van der Waals surface area contributed by atoms with Crippen molar-refractivity contribution in [2.24, 2.45) is 33.7 Å². The fourth-order valence-corrected chi connectivity index (χ4v) is 6.83. The number of hydrogen-bond acceptors (Lipinski definition) is 5. The lowest BCUT2D eigenvalue weighted by molar-refractivity contribution is -0.142. The molecule has 0 heterocycles. The van der Waals surface area contributed by atoms with Gasteiger partial charge < -0.3 is 20.2 Å². The third-order valence-corrected chi connectivity index (χ3v) is 7.97. The first-order valence-electron chi connectivity index (χ1n) is 10.3. The van der Waals surface area contributed by atoms with Gasteiger partial charge in [-0.05, 0) is 74.5 Å². The van der Waals surface area contributed by atoms with Gasteiger partial charge >= 0.3 is 5.97 Å². The number of carbonyl (C=O) groups is 1. The van der Waals surface area contributed by atoms with Crippen LogP contribution in [0, 0.1) is 28.6 Å². The van der Waals surface area contributed by atoms with E-state index in [9.17, 15) is 15.0 Å². The number of fused-ring (bicyclic) bond motifs is 5. The Balaban J connectivity index is 1.65. The van der Waals surface area contributed by atoms with E-state index in [2.05, 4.69) is 18.2 Å². The van der Waals surface area contributed by atoms with Crippen LogP contribution in [0.4, 0.5) is 0 Å². The summed E-state index contributed by atoms with van der Waals surface area (Å²) in [5.74, 6) is 0.409. The molecule has 0 aromatic heterocycles. The van der Waals surface area contributed by atoms with Crippen LogP contribution >= 0.6 is 0 Å². The maximum absolute atomic E-state index is 10.7. The molecule has 0 aromatic carbocycles. The second-order valence-electron chi connectivity index (χ2n) is 9.47. The summed E-state index contributed by atoms with van der Waals surface area (Å²) in [4.78, 5) is 15.7. The SMILES string of the molecule is C[C@]12CC[C@H]3[C@@H](CC=C4C[C@@H](O)CC[C@@]43/C=N/OCC(=O)O)[C@@H]1C[C@@H](O)C2. The molecule has 0 aliphatic heterocycles. The molecule has 3 fully saturated rings. The van der Waals surface area contributed by atoms with Crippen LogP contribution in [0.2, 0.25) is 0 Å². The van der Waals surface area contributed by atoms with Gasteiger partial charge in [0.1, 0.15) is 0 Å². The van der Waals surface area contributed by atoms with Crippen molar-refractivity contribution in [2.45, 2.75) is 70.5 Å². The van der Waals surface area contributed by atoms with Gasteiger partial charge in [0.15, 0.2) is 0 Å². The smallest absolute Gasteiger partial charge is 0.344 e. The van der Waals surface area contributed by atoms with Crippen LogP contribution in [-0.2, 0) is 9.63 Å². The van der Waals surface area contributed by atoms with Crippen LogP contribution in [0.5, 0.6) is 0 Å². The minimum atomic E-state index is -1.03. The summed E-state index contributed by atoms with van der Waals surface area (Å²) in [5, 5.41) is 33.4. The number of allylic oxidation sites excluding steroid dienone is 1. The van der Waals surface area contributed by atoms with Gasteiger partial charge in [0.2, 0.25) is 6.61 Å². The number of oxime groups is 1. The van der Waals surface area contributed by atoms with E-state index < -0.39 is 12.6 Å². The quantitative estimate of drug-likeness (QED) is 0.397. The summed E-state index contributed by atoms with van der Waals surface area (Å²) < 4.78 is 0. The Morgan fingerprint density at radius 1 is 1.30 bits per heavy atom. The van der Waals surface area contributed by atoms with Gasteiger partial charge in [-0.25, -0.2) is 4.79 Å². The highest BCUT2D eigenvalue weighted by molar-refractivity contribution is 5.72. The average molecular weight is 377 g/mol. The van der Waals surface area contributed by atoms with Gasteiger partial charge in [-0.2, -0.15) is 0 Å². The third-order valence-electron chi connectivity index (χ3n) is 7.97. The van der Waals surface area contributed by atoms with Crippen LogP contribution in [0.3, 0.4) is 0 Å². The first-order chi connectivity index (χ1) is 12.8. The molecule has 3 saturated carbocycles. The monoisotopic (exact) mass is 377 g/mol. The molecular weight excluding hydrogens is 346 g/mol. The standard InChI is InChI=1S/C21H31NO5/c1-20-6-5-17-16(18(20)9-15(24)10-20)3-2-13-8-14(23)4-7-21(13,17)12-22-27-11-19(25)26/h2,12,14-18,23-24H,3-11H2,1H3,(H,25,26)/b22-12+/t14-,15+,16+,17-,18-,20+,21+/m0/s1. The molecule has 0 unspecified atom stereocenters. The van der Waals surface area contributed by atoms with E-state index in [1.165, 1.54) is 5.57 Å². The third kappa shape index (κ3) is 3.21. The van der Waals surface area contributed by atoms with Gasteiger partial charge in [0.25, 0.3) is 0 Å². The molecule has 7 atom stereocenters. The fraction of sp³-hybridized carbons (Fsp3) is 0.810. The van der Waals surface area contributed by atoms with Crippen LogP contribution in [0.1, 0.15) is 58.3 Å². The van der Waals surface area contributed by atoms with E-state index in [0.717, 1.165) is 44.9 Å². The Morgan fingerprint density at radius 3 is 2.89 bits per heavy atom. The van der Waals surface area contributed by atoms with Crippen LogP contribution in [-0.4, -0.2) is 46.3 Å². The van der Waals surface area contributed by atoms with E-state index in [1.807, 2.05) is 6.21 Å². The summed E-state index contributed by atoms with van der Waals surface area (Å²) in [6.07, 6.45) is 10.8. The van der Waals surface area contributed by atoms with Crippen LogP contribution in [0.15, 0.2) is 16.8 Å². The second kappa shape index (κ2) is 6.89. The van der Waals surface area contributed by atoms with Gasteiger partial charge in [0.05, 0.1) is 18.4 Å². The number of nitrogens with zero attached hydrogens (tertiary/aromatic N) is 1. The Hall–Kier alpha value is -1.40. The van der Waals surface area contributed by atoms with Crippen molar-refractivity contribution in [1.82, 2.24) is 0 Å². The summed E-state index contributed by atoms with van der Waals surface area (Å²) in [6.45, 7) is 1.90. The summed E-state index contributed by atoms with van der Waals surface area (Å²) in [7, 11) is 0. The molecule has 0 bridgehead atoms. The maximum Gasteiger partial charge on any atom is 0.344 e. The molecule has 0 aromatic rings. The Kier molecular flexibility index (Phi) is 4.83. The molecule has 6 nitrogen and oxygen atoms in total. The summed E-state index contributed by atoms with van der Waals surface area (Å²) in [5.41, 5.74) is 1.22. The molecule has 6 heteroatoms. The molecule has 0 amide bonds. The molecule has 4 aliphatic carbocycles. The minimum Gasteiger partial charge on any atom is -0.479 e. The zero-order valence-corrected chi connectivity index (χ0v) is 16.0. The Morgan fingerprint density at radius 2 is 2.11 bits per heavy atom. The highest BCUT2D eigenvalue weighted by Gasteiger charge is 2.58. The van der Waals surface area contributed by atoms with Crippen LogP contribution < -0.4 is 0 Å². The average Bonchev–Trinajstić information content (AvgIpc) is 2.93. The number of aliphatic hydroxyl groups is 2. The second-order valence-corrected chi connectivity index (χ2v) is 9.47. The lowest BCUT2D eigenvalue weighted by Crippen LogP contribution is -2.51. The Labute approximate surface area is 160 Å². The molecule has 0 saturated heterocycles. The molecule has 4 rings (SSSR count). The highest BCUT2D eigenvalue weighted by atomic mass is 16.6. The maximum atomic E-state index is 10.7. The van der Waals surface area contributed by atoms with E-state index in [-0.39, 0.29) is 23.0 Å². The van der Waals surface area contributed by atoms with E-state index in [4.69, 9.17) is 9.94 Å². The first kappa shape index (κ1) is 18.9. The van der Waals surface area contributed by atoms with E-state index in [0.29, 0.717) is 24.2 Å². The van der Waals surface area contributed by atoms with Crippen molar-refractivity contribution < 1.29 is 25.0 Å². The van der Waals surface area contributed by atoms with Crippen molar-refractivity contribution in [1.29, 1.82) is 0 Å². The van der Waals surface area contributed by atoms with Crippen LogP contribution in [0.25, 0.3) is 0 Å². The Bertz CT molecular complexity index is 661. The molecule has 3 N–H and O–H groups in total. The number of carboxylic acids is 1. The van der Waals surface area contributed by atoms with E-state index in [1.54, 1.807) is 0 Å².